The van der Waals surface area contributed by atoms with Gasteiger partial charge in [0, 0.05) is 30.7 Å². The van der Waals surface area contributed by atoms with Gasteiger partial charge in [-0.1, -0.05) is 12.1 Å². The summed E-state index contributed by atoms with van der Waals surface area (Å²) >= 11 is 0. The van der Waals surface area contributed by atoms with Crippen molar-refractivity contribution in [2.24, 2.45) is 0 Å². The fourth-order valence-corrected chi connectivity index (χ4v) is 2.99. The van der Waals surface area contributed by atoms with Gasteiger partial charge in [-0.05, 0) is 23.8 Å². The quantitative estimate of drug-likeness (QED) is 0.496. The molecule has 3 aromatic rings. The van der Waals surface area contributed by atoms with Gasteiger partial charge in [0.25, 0.3) is 5.56 Å². The van der Waals surface area contributed by atoms with Crippen molar-refractivity contribution in [2.75, 3.05) is 0 Å². The van der Waals surface area contributed by atoms with Gasteiger partial charge in [0.2, 0.25) is 5.88 Å². The Morgan fingerprint density at radius 3 is 2.31 bits per heavy atom. The normalized spacial score (nSPS) is 17.5. The summed E-state index contributed by atoms with van der Waals surface area (Å²) in [6, 6.07) is 9.87. The van der Waals surface area contributed by atoms with Gasteiger partial charge in [-0.25, -0.2) is 4.98 Å². The number of ether oxygens (including phenoxy) is 2. The Kier molecular flexibility index (Phi) is 8.07. The van der Waals surface area contributed by atoms with Crippen molar-refractivity contribution < 1.29 is 50.2 Å². The number of H-pyrrole nitrogens is 1. The number of carbonyl (C=O) groups is 1. The summed E-state index contributed by atoms with van der Waals surface area (Å²) in [4.78, 5) is 24.1. The molecule has 1 aliphatic rings. The third kappa shape index (κ3) is 7.60. The smallest absolute Gasteiger partial charge is 0.430 e. The van der Waals surface area contributed by atoms with Crippen LogP contribution in [0.15, 0.2) is 58.0 Å². The van der Waals surface area contributed by atoms with Gasteiger partial charge in [-0.3, -0.25) is 4.79 Å². The van der Waals surface area contributed by atoms with Crippen molar-refractivity contribution in [3.05, 3.63) is 70.1 Å². The van der Waals surface area contributed by atoms with Crippen molar-refractivity contribution in [3.8, 4) is 17.2 Å². The summed E-state index contributed by atoms with van der Waals surface area (Å²) in [5, 5.41) is 11.0. The number of nitrogens with zero attached hydrogens (tertiary/aromatic N) is 1. The molecule has 0 atom stereocenters. The summed E-state index contributed by atoms with van der Waals surface area (Å²) in [7, 11) is 0. The number of nitrogens with one attached hydrogen (secondary N) is 1. The molecule has 14 heteroatoms. The zero-order valence-electron chi connectivity index (χ0n) is 18.1. The van der Waals surface area contributed by atoms with Crippen LogP contribution in [0.5, 0.6) is 5.88 Å². The number of hydrogen-bond acceptors (Lipinski definition) is 7. The summed E-state index contributed by atoms with van der Waals surface area (Å²) in [6.07, 6.45) is -6.88. The van der Waals surface area contributed by atoms with Crippen LogP contribution in [0.3, 0.4) is 0 Å². The Labute approximate surface area is 198 Å². The topological polar surface area (TPSA) is 117 Å². The molecule has 8 nitrogen and oxygen atoms in total. The number of aromatic amines is 1. The van der Waals surface area contributed by atoms with E-state index in [0.717, 1.165) is 12.1 Å². The molecule has 194 valence electrons. The molecule has 0 unspecified atom stereocenters. The van der Waals surface area contributed by atoms with Gasteiger partial charge >= 0.3 is 12.4 Å². The van der Waals surface area contributed by atoms with Crippen molar-refractivity contribution in [3.63, 3.8) is 0 Å². The molecule has 0 saturated heterocycles. The number of aromatic nitrogens is 2. The first-order valence-corrected chi connectivity index (χ1v) is 10.2. The van der Waals surface area contributed by atoms with Crippen molar-refractivity contribution in [1.29, 1.82) is 0 Å². The van der Waals surface area contributed by atoms with Gasteiger partial charge in [0.05, 0.1) is 24.3 Å². The SMILES string of the molecule is O=C([O-])C(F)(F)F.O=c1cc(-c2ccc(OC3CC(OCc4cccc(C(F)(F)F)c4)C3)nc2)o[nH]1. The van der Waals surface area contributed by atoms with Gasteiger partial charge in [0.15, 0.2) is 5.76 Å². The van der Waals surface area contributed by atoms with E-state index in [1.165, 1.54) is 12.1 Å². The van der Waals surface area contributed by atoms with Crippen LogP contribution in [0.4, 0.5) is 26.3 Å². The largest absolute Gasteiger partial charge is 0.542 e. The molecule has 36 heavy (non-hydrogen) atoms. The van der Waals surface area contributed by atoms with E-state index in [-0.39, 0.29) is 24.4 Å². The van der Waals surface area contributed by atoms with Crippen molar-refractivity contribution >= 4 is 5.97 Å². The predicted octanol–water partition coefficient (Wildman–Crippen LogP) is 3.47. The second kappa shape index (κ2) is 10.8. The van der Waals surface area contributed by atoms with E-state index >= 15 is 0 Å². The van der Waals surface area contributed by atoms with Gasteiger partial charge < -0.3 is 23.9 Å². The van der Waals surface area contributed by atoms with E-state index in [1.807, 2.05) is 0 Å². The van der Waals surface area contributed by atoms with E-state index in [2.05, 4.69) is 10.1 Å². The van der Waals surface area contributed by atoms with Crippen LogP contribution in [0, 0.1) is 0 Å². The van der Waals surface area contributed by atoms with E-state index in [4.69, 9.17) is 23.9 Å². The Balaban J connectivity index is 0.000000454. The molecule has 0 amide bonds. The number of rotatable bonds is 6. The van der Waals surface area contributed by atoms with E-state index in [1.54, 1.807) is 24.4 Å². The fraction of sp³-hybridized carbons (Fsp3) is 0.318. The summed E-state index contributed by atoms with van der Waals surface area (Å²) in [5.41, 5.74) is 0.122. The van der Waals surface area contributed by atoms with Crippen molar-refractivity contribution in [2.45, 2.75) is 44.0 Å². The molecule has 1 fully saturated rings. The van der Waals surface area contributed by atoms with Crippen LogP contribution >= 0.6 is 0 Å². The van der Waals surface area contributed by atoms with Crippen LogP contribution in [-0.2, 0) is 22.3 Å². The molecule has 1 saturated carbocycles. The van der Waals surface area contributed by atoms with E-state index < -0.39 is 23.9 Å². The minimum Gasteiger partial charge on any atom is -0.542 e. The number of halogens is 6. The monoisotopic (exact) mass is 519 g/mol. The zero-order chi connectivity index (χ0) is 26.5. The maximum Gasteiger partial charge on any atom is 0.430 e. The molecule has 0 aliphatic heterocycles. The number of carbonyl (C=O) groups excluding carboxylic acids is 1. The average molecular weight is 519 g/mol. The number of aliphatic carboxylic acids is 1. The van der Waals surface area contributed by atoms with Gasteiger partial charge in [-0.2, -0.15) is 31.5 Å². The molecule has 2 heterocycles. The Bertz CT molecular complexity index is 1210. The standard InChI is InChI=1S/C20H17F3N2O4.C2HF3O2/c21-20(22,23)14-3-1-2-12(6-14)11-27-15-7-16(8-15)28-19-5-4-13(10-24-19)17-9-18(26)25-29-17;3-2(4,5)1(6)7/h1-6,9-10,15-16H,7-8,11H2,(H,25,26);(H,6,7)/p-1. The summed E-state index contributed by atoms with van der Waals surface area (Å²) < 4.78 is 86.2. The third-order valence-electron chi connectivity index (χ3n) is 4.86. The lowest BCUT2D eigenvalue weighted by molar-refractivity contribution is -0.344. The van der Waals surface area contributed by atoms with Gasteiger partial charge in [-0.15, -0.1) is 0 Å². The lowest BCUT2D eigenvalue weighted by Crippen LogP contribution is -2.39. The lowest BCUT2D eigenvalue weighted by atomic mass is 9.92. The zero-order valence-corrected chi connectivity index (χ0v) is 18.1. The number of pyridine rings is 1. The number of carboxylic acid groups (broad SMARTS) is 1. The number of carboxylic acids is 1. The number of benzene rings is 1. The molecule has 0 spiro atoms. The Morgan fingerprint density at radius 2 is 1.78 bits per heavy atom. The average Bonchev–Trinajstić information content (AvgIpc) is 3.21. The van der Waals surface area contributed by atoms with Crippen molar-refractivity contribution in [1.82, 2.24) is 10.1 Å². The molecule has 1 aromatic carbocycles. The first-order valence-electron chi connectivity index (χ1n) is 10.2. The summed E-state index contributed by atoms with van der Waals surface area (Å²) in [6.45, 7) is 0.121. The summed E-state index contributed by atoms with van der Waals surface area (Å²) in [5.74, 6) is -2.18. The molecule has 4 rings (SSSR count). The lowest BCUT2D eigenvalue weighted by Gasteiger charge is -2.34. The Morgan fingerprint density at radius 1 is 1.08 bits per heavy atom. The van der Waals surface area contributed by atoms with E-state index in [0.29, 0.717) is 35.6 Å². The highest BCUT2D eigenvalue weighted by atomic mass is 19.4. The maximum absolute atomic E-state index is 12.7. The predicted molar refractivity (Wildman–Crippen MR) is 107 cm³/mol. The molecular formula is C22H17F6N2O6-. The Hall–Kier alpha value is -3.81. The first kappa shape index (κ1) is 26.8. The van der Waals surface area contributed by atoms with Crippen LogP contribution in [0.1, 0.15) is 24.0 Å². The number of hydrogen-bond donors (Lipinski definition) is 1. The third-order valence-corrected chi connectivity index (χ3v) is 4.86. The van der Waals surface area contributed by atoms with E-state index in [9.17, 15) is 31.1 Å². The molecule has 1 N–H and O–H groups in total. The highest BCUT2D eigenvalue weighted by molar-refractivity contribution is 5.70. The molecule has 0 radical (unpaired) electrons. The molecule has 0 bridgehead atoms. The molecule has 2 aromatic heterocycles. The minimum atomic E-state index is -5.19. The maximum atomic E-state index is 12.7. The molecule has 1 aliphatic carbocycles. The second-order valence-electron chi connectivity index (χ2n) is 7.59. The van der Waals surface area contributed by atoms with Crippen LogP contribution in [0.2, 0.25) is 0 Å². The van der Waals surface area contributed by atoms with Gasteiger partial charge in [0.1, 0.15) is 12.1 Å². The second-order valence-corrected chi connectivity index (χ2v) is 7.59. The van der Waals surface area contributed by atoms with Crippen LogP contribution in [0.25, 0.3) is 11.3 Å². The minimum absolute atomic E-state index is 0.0648. The van der Waals surface area contributed by atoms with Crippen LogP contribution < -0.4 is 15.4 Å². The van der Waals surface area contributed by atoms with Crippen LogP contribution in [-0.4, -0.2) is 34.5 Å². The first-order chi connectivity index (χ1) is 16.8. The highest BCUT2D eigenvalue weighted by Crippen LogP contribution is 2.31. The molecular weight excluding hydrogens is 502 g/mol. The highest BCUT2D eigenvalue weighted by Gasteiger charge is 2.33. The number of alkyl halides is 6. The fourth-order valence-electron chi connectivity index (χ4n) is 2.99.